The van der Waals surface area contributed by atoms with Crippen LogP contribution in [0.1, 0.15) is 5.56 Å². The fourth-order valence-corrected chi connectivity index (χ4v) is 2.47. The van der Waals surface area contributed by atoms with Crippen LogP contribution in [0.4, 0.5) is 18.9 Å². The molecule has 0 saturated carbocycles. The van der Waals surface area contributed by atoms with Gasteiger partial charge in [-0.05, 0) is 34.7 Å². The molecule has 1 aromatic heterocycles. The molecule has 4 nitrogen and oxygen atoms in total. The van der Waals surface area contributed by atoms with Crippen molar-refractivity contribution in [1.29, 1.82) is 0 Å². The van der Waals surface area contributed by atoms with Gasteiger partial charge in [0.1, 0.15) is 5.76 Å². The Balaban J connectivity index is 2.76. The molecule has 0 saturated heterocycles. The molecule has 0 bridgehead atoms. The standard InChI is InChI=1S/C11H5F3INO3/c12-11(13,14)7-4-6(16(17)18)5-8(15)10(7)9-2-1-3-19-9/h1-5H. The van der Waals surface area contributed by atoms with Gasteiger partial charge in [-0.1, -0.05) is 0 Å². The molecule has 0 spiro atoms. The third-order valence-electron chi connectivity index (χ3n) is 2.36. The molecule has 0 aliphatic heterocycles. The number of halogens is 4. The predicted molar refractivity (Wildman–Crippen MR) is 68.5 cm³/mol. The molecule has 19 heavy (non-hydrogen) atoms. The van der Waals surface area contributed by atoms with E-state index in [0.29, 0.717) is 6.07 Å². The van der Waals surface area contributed by atoms with Crippen LogP contribution < -0.4 is 0 Å². The van der Waals surface area contributed by atoms with E-state index in [2.05, 4.69) is 0 Å². The summed E-state index contributed by atoms with van der Waals surface area (Å²) in [6.07, 6.45) is -3.46. The van der Waals surface area contributed by atoms with Crippen LogP contribution in [0.2, 0.25) is 0 Å². The zero-order chi connectivity index (χ0) is 14.2. The molecule has 0 amide bonds. The van der Waals surface area contributed by atoms with Crippen LogP contribution in [0.15, 0.2) is 34.9 Å². The first-order chi connectivity index (χ1) is 8.80. The Labute approximate surface area is 118 Å². The number of nitro groups is 1. The van der Waals surface area contributed by atoms with E-state index in [0.717, 1.165) is 6.07 Å². The predicted octanol–water partition coefficient (Wildman–Crippen LogP) is 4.48. The molecular formula is C11H5F3INO3. The Kier molecular flexibility index (Phi) is 3.52. The van der Waals surface area contributed by atoms with Gasteiger partial charge in [-0.3, -0.25) is 10.1 Å². The first-order valence-electron chi connectivity index (χ1n) is 4.89. The Morgan fingerprint density at radius 2 is 2.00 bits per heavy atom. The van der Waals surface area contributed by atoms with Crippen molar-refractivity contribution in [1.82, 2.24) is 0 Å². The highest BCUT2D eigenvalue weighted by Crippen LogP contribution is 2.41. The number of alkyl halides is 3. The van der Waals surface area contributed by atoms with Gasteiger partial charge < -0.3 is 4.42 Å². The van der Waals surface area contributed by atoms with E-state index in [1.165, 1.54) is 18.4 Å². The first kappa shape index (κ1) is 13.8. The zero-order valence-corrected chi connectivity index (χ0v) is 11.2. The molecule has 2 aromatic rings. The van der Waals surface area contributed by atoms with Crippen molar-refractivity contribution < 1.29 is 22.5 Å². The van der Waals surface area contributed by atoms with Gasteiger partial charge in [0.25, 0.3) is 5.69 Å². The van der Waals surface area contributed by atoms with Crippen LogP contribution in [0.5, 0.6) is 0 Å². The summed E-state index contributed by atoms with van der Waals surface area (Å²) in [6.45, 7) is 0. The maximum atomic E-state index is 13.0. The lowest BCUT2D eigenvalue weighted by Crippen LogP contribution is -2.09. The summed E-state index contributed by atoms with van der Waals surface area (Å²) in [6, 6.07) is 4.42. The lowest BCUT2D eigenvalue weighted by atomic mass is 10.0. The Hall–Kier alpha value is -1.58. The average Bonchev–Trinajstić information content (AvgIpc) is 2.79. The normalized spacial score (nSPS) is 11.6. The van der Waals surface area contributed by atoms with Crippen LogP contribution in [0.3, 0.4) is 0 Å². The van der Waals surface area contributed by atoms with Crippen molar-refractivity contribution in [2.75, 3.05) is 0 Å². The minimum atomic E-state index is -4.70. The smallest absolute Gasteiger partial charge is 0.417 e. The maximum absolute atomic E-state index is 13.0. The van der Waals surface area contributed by atoms with Gasteiger partial charge in [-0.25, -0.2) is 0 Å². The molecule has 0 atom stereocenters. The van der Waals surface area contributed by atoms with Crippen molar-refractivity contribution in [3.63, 3.8) is 0 Å². The summed E-state index contributed by atoms with van der Waals surface area (Å²) in [7, 11) is 0. The molecule has 0 fully saturated rings. The van der Waals surface area contributed by atoms with Crippen LogP contribution in [0, 0.1) is 13.7 Å². The highest BCUT2D eigenvalue weighted by Gasteiger charge is 2.37. The number of hydrogen-bond donors (Lipinski definition) is 0. The minimum absolute atomic E-state index is 0.0200. The van der Waals surface area contributed by atoms with Gasteiger partial charge in [0.05, 0.1) is 16.7 Å². The fourth-order valence-electron chi connectivity index (χ4n) is 1.59. The lowest BCUT2D eigenvalue weighted by Gasteiger charge is -2.12. The first-order valence-corrected chi connectivity index (χ1v) is 5.97. The van der Waals surface area contributed by atoms with Gasteiger partial charge in [-0.15, -0.1) is 0 Å². The highest BCUT2D eigenvalue weighted by molar-refractivity contribution is 14.1. The SMILES string of the molecule is O=[N+]([O-])c1cc(I)c(-c2ccco2)c(C(F)(F)F)c1. The fraction of sp³-hybridized carbons (Fsp3) is 0.0909. The molecule has 0 aliphatic rings. The third-order valence-corrected chi connectivity index (χ3v) is 3.21. The topological polar surface area (TPSA) is 56.3 Å². The minimum Gasteiger partial charge on any atom is -0.464 e. The summed E-state index contributed by atoms with van der Waals surface area (Å²) < 4.78 is 44.1. The van der Waals surface area contributed by atoms with Crippen molar-refractivity contribution in [2.45, 2.75) is 6.18 Å². The number of benzene rings is 1. The number of nitrogens with zero attached hydrogens (tertiary/aromatic N) is 1. The number of nitro benzene ring substituents is 1. The van der Waals surface area contributed by atoms with Gasteiger partial charge in [0, 0.05) is 21.3 Å². The van der Waals surface area contributed by atoms with Gasteiger partial charge in [-0.2, -0.15) is 13.2 Å². The van der Waals surface area contributed by atoms with E-state index in [9.17, 15) is 23.3 Å². The monoisotopic (exact) mass is 383 g/mol. The number of non-ortho nitro benzene ring substituents is 1. The second-order valence-corrected chi connectivity index (χ2v) is 4.74. The summed E-state index contributed by atoms with van der Waals surface area (Å²) in [4.78, 5) is 9.78. The molecular weight excluding hydrogens is 378 g/mol. The molecule has 0 radical (unpaired) electrons. The molecule has 0 N–H and O–H groups in total. The van der Waals surface area contributed by atoms with Crippen LogP contribution >= 0.6 is 22.6 Å². The van der Waals surface area contributed by atoms with Crippen LogP contribution in [0.25, 0.3) is 11.3 Å². The Morgan fingerprint density at radius 3 is 2.47 bits per heavy atom. The van der Waals surface area contributed by atoms with Crippen molar-refractivity contribution in [3.05, 3.63) is 49.8 Å². The zero-order valence-electron chi connectivity index (χ0n) is 9.07. The maximum Gasteiger partial charge on any atom is 0.417 e. The second-order valence-electron chi connectivity index (χ2n) is 3.58. The van der Waals surface area contributed by atoms with E-state index in [1.54, 1.807) is 22.6 Å². The second kappa shape index (κ2) is 4.83. The van der Waals surface area contributed by atoms with Gasteiger partial charge in [0.15, 0.2) is 0 Å². The van der Waals surface area contributed by atoms with E-state index in [1.807, 2.05) is 0 Å². The van der Waals surface area contributed by atoms with Crippen LogP contribution in [-0.2, 0) is 6.18 Å². The average molecular weight is 383 g/mol. The van der Waals surface area contributed by atoms with E-state index in [-0.39, 0.29) is 14.9 Å². The Bertz CT molecular complexity index is 623. The van der Waals surface area contributed by atoms with Gasteiger partial charge in [0.2, 0.25) is 0 Å². The number of rotatable bonds is 2. The van der Waals surface area contributed by atoms with E-state index < -0.39 is 22.4 Å². The molecule has 1 heterocycles. The number of furan rings is 1. The number of hydrogen-bond acceptors (Lipinski definition) is 3. The van der Waals surface area contributed by atoms with Crippen molar-refractivity contribution in [2.24, 2.45) is 0 Å². The van der Waals surface area contributed by atoms with Crippen LogP contribution in [-0.4, -0.2) is 4.92 Å². The molecule has 1 aromatic carbocycles. The Morgan fingerprint density at radius 1 is 1.32 bits per heavy atom. The summed E-state index contributed by atoms with van der Waals surface area (Å²) in [5, 5.41) is 10.6. The van der Waals surface area contributed by atoms with E-state index in [4.69, 9.17) is 4.42 Å². The molecule has 0 aliphatic carbocycles. The summed E-state index contributed by atoms with van der Waals surface area (Å²) in [5.74, 6) is 0.0200. The largest absolute Gasteiger partial charge is 0.464 e. The lowest BCUT2D eigenvalue weighted by molar-refractivity contribution is -0.385. The third kappa shape index (κ3) is 2.72. The van der Waals surface area contributed by atoms with E-state index >= 15 is 0 Å². The van der Waals surface area contributed by atoms with Gasteiger partial charge >= 0.3 is 6.18 Å². The molecule has 0 unspecified atom stereocenters. The summed E-state index contributed by atoms with van der Waals surface area (Å²) in [5.41, 5.74) is -1.88. The molecule has 100 valence electrons. The van der Waals surface area contributed by atoms with Crippen molar-refractivity contribution >= 4 is 28.3 Å². The van der Waals surface area contributed by atoms with Crippen molar-refractivity contribution in [3.8, 4) is 11.3 Å². The molecule has 8 heteroatoms. The molecule has 2 rings (SSSR count). The quantitative estimate of drug-likeness (QED) is 0.437. The summed E-state index contributed by atoms with van der Waals surface area (Å²) >= 11 is 1.62. The highest BCUT2D eigenvalue weighted by atomic mass is 127.